The first-order valence-corrected chi connectivity index (χ1v) is 12.0. The molecule has 1 heterocycles. The highest BCUT2D eigenvalue weighted by atomic mass is 32.2. The molecule has 0 aliphatic carbocycles. The van der Waals surface area contributed by atoms with Crippen molar-refractivity contribution in [2.24, 2.45) is 0 Å². The number of benzene rings is 2. The summed E-state index contributed by atoms with van der Waals surface area (Å²) in [4.78, 5) is 7.32. The van der Waals surface area contributed by atoms with E-state index in [1.54, 1.807) is 6.20 Å². The summed E-state index contributed by atoms with van der Waals surface area (Å²) in [5.41, 5.74) is 1.73. The topological polar surface area (TPSA) is 109 Å². The number of hydrogen-bond donors (Lipinski definition) is 2. The average Bonchev–Trinajstić information content (AvgIpc) is 3.16. The minimum absolute atomic E-state index is 0.0483. The van der Waals surface area contributed by atoms with E-state index in [2.05, 4.69) is 14.7 Å². The van der Waals surface area contributed by atoms with Crippen molar-refractivity contribution in [3.63, 3.8) is 0 Å². The van der Waals surface area contributed by atoms with Crippen LogP contribution in [0, 0.1) is 0 Å². The van der Waals surface area contributed by atoms with Crippen LogP contribution in [0.2, 0.25) is 0 Å². The lowest BCUT2D eigenvalue weighted by molar-refractivity contribution is 0.539. The van der Waals surface area contributed by atoms with Gasteiger partial charge < -0.3 is 4.98 Å². The highest BCUT2D eigenvalue weighted by Gasteiger charge is 2.23. The van der Waals surface area contributed by atoms with Gasteiger partial charge in [0.1, 0.15) is 5.82 Å². The number of H-pyrrole nitrogens is 1. The quantitative estimate of drug-likeness (QED) is 0.612. The van der Waals surface area contributed by atoms with Crippen molar-refractivity contribution < 1.29 is 16.8 Å². The van der Waals surface area contributed by atoms with Gasteiger partial charge in [-0.25, -0.2) is 26.5 Å². The summed E-state index contributed by atoms with van der Waals surface area (Å²) in [7, 11) is -7.44. The van der Waals surface area contributed by atoms with Gasteiger partial charge in [-0.2, -0.15) is 0 Å². The van der Waals surface area contributed by atoms with Crippen LogP contribution < -0.4 is 4.72 Å². The zero-order chi connectivity index (χ0) is 20.4. The molecular weight excluding hydrogens is 398 g/mol. The molecule has 0 saturated heterocycles. The van der Waals surface area contributed by atoms with Crippen LogP contribution in [-0.4, -0.2) is 33.1 Å². The van der Waals surface area contributed by atoms with E-state index >= 15 is 0 Å². The summed E-state index contributed by atoms with van der Waals surface area (Å²) in [6, 6.07) is 14.3. The fraction of sp³-hybridized carbons (Fsp3) is 0.211. The summed E-state index contributed by atoms with van der Waals surface area (Å²) in [6.45, 7) is 1.84. The number of hydrogen-bond acceptors (Lipinski definition) is 5. The molecule has 3 aromatic rings. The molecule has 0 spiro atoms. The number of aromatic amines is 1. The molecule has 1 aromatic heterocycles. The lowest BCUT2D eigenvalue weighted by Gasteiger charge is -2.15. The van der Waals surface area contributed by atoms with Gasteiger partial charge in [0.25, 0.3) is 0 Å². The number of aromatic nitrogens is 2. The first-order chi connectivity index (χ1) is 13.2. The van der Waals surface area contributed by atoms with Crippen LogP contribution in [0.4, 0.5) is 0 Å². The van der Waals surface area contributed by atoms with Gasteiger partial charge >= 0.3 is 0 Å². The Bertz CT molecular complexity index is 1170. The van der Waals surface area contributed by atoms with Crippen molar-refractivity contribution in [2.45, 2.75) is 29.2 Å². The number of sulfonamides is 1. The molecule has 9 heteroatoms. The molecule has 0 bridgehead atoms. The van der Waals surface area contributed by atoms with Crippen LogP contribution in [0.25, 0.3) is 11.3 Å². The van der Waals surface area contributed by atoms with E-state index in [9.17, 15) is 16.8 Å². The van der Waals surface area contributed by atoms with Gasteiger partial charge in [-0.3, -0.25) is 0 Å². The van der Waals surface area contributed by atoms with Gasteiger partial charge in [-0.15, -0.1) is 0 Å². The number of imidazole rings is 1. The molecule has 0 radical (unpaired) electrons. The molecule has 2 N–H and O–H groups in total. The van der Waals surface area contributed by atoms with Crippen LogP contribution >= 0.6 is 0 Å². The van der Waals surface area contributed by atoms with E-state index in [0.29, 0.717) is 12.2 Å². The van der Waals surface area contributed by atoms with E-state index in [4.69, 9.17) is 0 Å². The monoisotopic (exact) mass is 419 g/mol. The van der Waals surface area contributed by atoms with Gasteiger partial charge in [0.2, 0.25) is 10.0 Å². The van der Waals surface area contributed by atoms with Gasteiger partial charge in [0.05, 0.1) is 27.7 Å². The molecule has 7 nitrogen and oxygen atoms in total. The van der Waals surface area contributed by atoms with Crippen LogP contribution in [0.5, 0.6) is 0 Å². The zero-order valence-electron chi connectivity index (χ0n) is 15.5. The van der Waals surface area contributed by atoms with Crippen molar-refractivity contribution in [1.29, 1.82) is 0 Å². The maximum absolute atomic E-state index is 12.8. The fourth-order valence-corrected chi connectivity index (χ4v) is 4.81. The third kappa shape index (κ3) is 4.49. The third-order valence-electron chi connectivity index (χ3n) is 4.26. The molecule has 148 valence electrons. The molecule has 0 fully saturated rings. The molecule has 0 saturated carbocycles. The Morgan fingerprint density at radius 2 is 1.68 bits per heavy atom. The molecule has 0 aliphatic heterocycles. The molecule has 28 heavy (non-hydrogen) atoms. The van der Waals surface area contributed by atoms with E-state index in [1.807, 2.05) is 37.3 Å². The Hall–Kier alpha value is -2.49. The summed E-state index contributed by atoms with van der Waals surface area (Å²) in [5.74, 6) is 0.490. The fourth-order valence-electron chi connectivity index (χ4n) is 2.74. The summed E-state index contributed by atoms with van der Waals surface area (Å²) < 4.78 is 51.6. The largest absolute Gasteiger partial charge is 0.341 e. The third-order valence-corrected chi connectivity index (χ3v) is 6.84. The SMILES string of the molecule is CCC(NS(=O)(=O)c1cccc(S(C)(=O)=O)c1)c1ncc(-c2ccccc2)[nH]1. The van der Waals surface area contributed by atoms with Crippen LogP contribution in [0.1, 0.15) is 25.2 Å². The van der Waals surface area contributed by atoms with E-state index in [-0.39, 0.29) is 9.79 Å². The smallest absolute Gasteiger partial charge is 0.241 e. The van der Waals surface area contributed by atoms with Gasteiger partial charge in [-0.1, -0.05) is 43.3 Å². The average molecular weight is 420 g/mol. The van der Waals surface area contributed by atoms with E-state index < -0.39 is 25.9 Å². The number of rotatable bonds is 7. The van der Waals surface area contributed by atoms with Crippen molar-refractivity contribution in [1.82, 2.24) is 14.7 Å². The normalized spacial score (nSPS) is 13.4. The first kappa shape index (κ1) is 20.2. The Kier molecular flexibility index (Phi) is 5.69. The maximum Gasteiger partial charge on any atom is 0.241 e. The predicted octanol–water partition coefficient (Wildman–Crippen LogP) is 2.91. The predicted molar refractivity (Wildman–Crippen MR) is 107 cm³/mol. The zero-order valence-corrected chi connectivity index (χ0v) is 17.1. The lowest BCUT2D eigenvalue weighted by Crippen LogP contribution is -2.29. The summed E-state index contributed by atoms with van der Waals surface area (Å²) in [5, 5.41) is 0. The number of nitrogens with one attached hydrogen (secondary N) is 2. The van der Waals surface area contributed by atoms with Crippen LogP contribution in [-0.2, 0) is 19.9 Å². The Labute approximate surface area is 164 Å². The Balaban J connectivity index is 1.88. The first-order valence-electron chi connectivity index (χ1n) is 8.63. The number of sulfone groups is 1. The molecule has 0 amide bonds. The molecular formula is C19H21N3O4S2. The minimum atomic E-state index is -3.93. The summed E-state index contributed by atoms with van der Waals surface area (Å²) in [6.07, 6.45) is 3.16. The molecule has 0 aliphatic rings. The van der Waals surface area contributed by atoms with Gasteiger partial charge in [-0.05, 0) is 30.2 Å². The molecule has 1 atom stereocenters. The molecule has 1 unspecified atom stereocenters. The Morgan fingerprint density at radius 3 is 2.32 bits per heavy atom. The molecule has 3 rings (SSSR count). The lowest BCUT2D eigenvalue weighted by atomic mass is 10.2. The molecule has 2 aromatic carbocycles. The van der Waals surface area contributed by atoms with Crippen molar-refractivity contribution in [2.75, 3.05) is 6.26 Å². The van der Waals surface area contributed by atoms with Crippen molar-refractivity contribution >= 4 is 19.9 Å². The second kappa shape index (κ2) is 7.86. The summed E-state index contributed by atoms with van der Waals surface area (Å²) >= 11 is 0. The second-order valence-electron chi connectivity index (χ2n) is 6.38. The van der Waals surface area contributed by atoms with Crippen molar-refractivity contribution in [3.8, 4) is 11.3 Å². The van der Waals surface area contributed by atoms with E-state index in [0.717, 1.165) is 23.6 Å². The van der Waals surface area contributed by atoms with E-state index in [1.165, 1.54) is 18.2 Å². The standard InChI is InChI=1S/C19H21N3O4S2/c1-3-17(19-20-13-18(21-19)14-8-5-4-6-9-14)22-28(25,26)16-11-7-10-15(12-16)27(2,23)24/h4-13,17,22H,3H2,1-2H3,(H,20,21). The van der Waals surface area contributed by atoms with Gasteiger partial charge in [0.15, 0.2) is 9.84 Å². The Morgan fingerprint density at radius 1 is 1.00 bits per heavy atom. The maximum atomic E-state index is 12.8. The number of nitrogens with zero attached hydrogens (tertiary/aromatic N) is 1. The van der Waals surface area contributed by atoms with Crippen molar-refractivity contribution in [3.05, 3.63) is 66.6 Å². The van der Waals surface area contributed by atoms with Crippen LogP contribution in [0.15, 0.2) is 70.6 Å². The highest BCUT2D eigenvalue weighted by molar-refractivity contribution is 7.91. The minimum Gasteiger partial charge on any atom is -0.341 e. The van der Waals surface area contributed by atoms with Crippen LogP contribution in [0.3, 0.4) is 0 Å². The second-order valence-corrected chi connectivity index (χ2v) is 10.1. The highest BCUT2D eigenvalue weighted by Crippen LogP contribution is 2.23. The van der Waals surface area contributed by atoms with Gasteiger partial charge in [0, 0.05) is 6.26 Å².